The molecule has 1 aliphatic heterocycles. The number of aromatic nitrogens is 1. The highest BCUT2D eigenvalue weighted by Gasteiger charge is 2.21. The van der Waals surface area contributed by atoms with Crippen LogP contribution in [0.25, 0.3) is 0 Å². The summed E-state index contributed by atoms with van der Waals surface area (Å²) in [5.41, 5.74) is 9.95. The second-order valence-corrected chi connectivity index (χ2v) is 5.16. The molecule has 0 saturated carbocycles. The molecule has 0 unspecified atom stereocenters. The highest BCUT2D eigenvalue weighted by atomic mass is 15.1. The average molecular weight is 235 g/mol. The summed E-state index contributed by atoms with van der Waals surface area (Å²) in [6, 6.07) is 0.656. The fourth-order valence-corrected chi connectivity index (χ4v) is 3.03. The minimum atomic E-state index is 0.656. The average Bonchev–Trinajstić information content (AvgIpc) is 2.66. The fourth-order valence-electron chi connectivity index (χ4n) is 3.03. The van der Waals surface area contributed by atoms with Gasteiger partial charge in [-0.05, 0) is 51.4 Å². The maximum absolute atomic E-state index is 6.13. The van der Waals surface area contributed by atoms with Crippen molar-refractivity contribution in [3.8, 4) is 0 Å². The monoisotopic (exact) mass is 235 g/mol. The molecule has 1 aromatic rings. The maximum atomic E-state index is 6.13. The van der Waals surface area contributed by atoms with Gasteiger partial charge in [0, 0.05) is 17.9 Å². The highest BCUT2D eigenvalue weighted by Crippen LogP contribution is 2.29. The molecule has 2 rings (SSSR count). The lowest BCUT2D eigenvalue weighted by atomic mass is 10.0. The summed E-state index contributed by atoms with van der Waals surface area (Å²) in [4.78, 5) is 2.41. The minimum absolute atomic E-state index is 0.656. The van der Waals surface area contributed by atoms with Crippen LogP contribution in [0.15, 0.2) is 6.20 Å². The van der Waals surface area contributed by atoms with E-state index in [0.29, 0.717) is 6.04 Å². The van der Waals surface area contributed by atoms with Gasteiger partial charge in [-0.25, -0.2) is 0 Å². The van der Waals surface area contributed by atoms with Crippen LogP contribution < -0.4 is 5.73 Å². The van der Waals surface area contributed by atoms with E-state index in [0.717, 1.165) is 18.5 Å². The Labute approximate surface area is 105 Å². The lowest BCUT2D eigenvalue weighted by Crippen LogP contribution is -2.31. The smallest absolute Gasteiger partial charge is 0.0529 e. The molecule has 1 saturated heterocycles. The van der Waals surface area contributed by atoms with Crippen LogP contribution in [0, 0.1) is 0 Å². The topological polar surface area (TPSA) is 34.2 Å². The predicted molar refractivity (Wildman–Crippen MR) is 73.4 cm³/mol. The van der Waals surface area contributed by atoms with Crippen molar-refractivity contribution in [1.29, 1.82) is 0 Å². The van der Waals surface area contributed by atoms with Gasteiger partial charge >= 0.3 is 0 Å². The van der Waals surface area contributed by atoms with E-state index in [1.54, 1.807) is 0 Å². The summed E-state index contributed by atoms with van der Waals surface area (Å²) < 4.78 is 2.46. The second-order valence-electron chi connectivity index (χ2n) is 5.16. The van der Waals surface area contributed by atoms with E-state index in [-0.39, 0.29) is 0 Å². The Balaban J connectivity index is 2.26. The molecule has 0 bridgehead atoms. The largest absolute Gasteiger partial charge is 0.397 e. The fraction of sp³-hybridized carbons (Fsp3) is 0.714. The van der Waals surface area contributed by atoms with Crippen LogP contribution in [0.4, 0.5) is 5.69 Å². The van der Waals surface area contributed by atoms with Gasteiger partial charge in [0.25, 0.3) is 0 Å². The highest BCUT2D eigenvalue weighted by molar-refractivity contribution is 5.50. The summed E-state index contributed by atoms with van der Waals surface area (Å²) in [5, 5.41) is 0. The molecule has 0 spiro atoms. The molecule has 0 aromatic carbocycles. The summed E-state index contributed by atoms with van der Waals surface area (Å²) in [6.07, 6.45) is 6.82. The number of nitrogens with zero attached hydrogens (tertiary/aromatic N) is 2. The van der Waals surface area contributed by atoms with Gasteiger partial charge in [0.05, 0.1) is 5.69 Å². The Morgan fingerprint density at radius 2 is 1.88 bits per heavy atom. The van der Waals surface area contributed by atoms with Crippen molar-refractivity contribution in [2.45, 2.75) is 45.6 Å². The van der Waals surface area contributed by atoms with E-state index in [4.69, 9.17) is 5.73 Å². The predicted octanol–water partition coefficient (Wildman–Crippen LogP) is 2.46. The van der Waals surface area contributed by atoms with Crippen LogP contribution in [0.5, 0.6) is 0 Å². The molecule has 1 fully saturated rings. The van der Waals surface area contributed by atoms with Gasteiger partial charge in [0.15, 0.2) is 0 Å². The zero-order chi connectivity index (χ0) is 12.4. The van der Waals surface area contributed by atoms with Gasteiger partial charge in [-0.3, -0.25) is 0 Å². The standard InChI is InChI=1S/C14H25N3/c1-4-12-13(15)10-17(14(12)5-2)11-6-8-16(3)9-7-11/h10-11H,4-9,15H2,1-3H3. The first-order valence-electron chi connectivity index (χ1n) is 6.83. The van der Waals surface area contributed by atoms with Crippen LogP contribution in [-0.2, 0) is 12.8 Å². The molecule has 2 heterocycles. The van der Waals surface area contributed by atoms with Crippen molar-refractivity contribution in [3.05, 3.63) is 17.5 Å². The summed E-state index contributed by atoms with van der Waals surface area (Å²) in [7, 11) is 2.21. The number of likely N-dealkylation sites (tertiary alicyclic amines) is 1. The van der Waals surface area contributed by atoms with Crippen molar-refractivity contribution >= 4 is 5.69 Å². The van der Waals surface area contributed by atoms with Crippen LogP contribution in [-0.4, -0.2) is 29.6 Å². The molecule has 17 heavy (non-hydrogen) atoms. The van der Waals surface area contributed by atoms with Crippen LogP contribution in [0.1, 0.15) is 44.0 Å². The van der Waals surface area contributed by atoms with E-state index >= 15 is 0 Å². The van der Waals surface area contributed by atoms with Crippen molar-refractivity contribution in [3.63, 3.8) is 0 Å². The Bertz CT molecular complexity index is 373. The number of piperidine rings is 1. The van der Waals surface area contributed by atoms with E-state index in [9.17, 15) is 0 Å². The normalized spacial score (nSPS) is 18.8. The quantitative estimate of drug-likeness (QED) is 0.873. The van der Waals surface area contributed by atoms with Crippen molar-refractivity contribution in [1.82, 2.24) is 9.47 Å². The molecule has 96 valence electrons. The molecular weight excluding hydrogens is 210 g/mol. The van der Waals surface area contributed by atoms with Crippen LogP contribution >= 0.6 is 0 Å². The van der Waals surface area contributed by atoms with Crippen molar-refractivity contribution < 1.29 is 0 Å². The van der Waals surface area contributed by atoms with E-state index < -0.39 is 0 Å². The molecule has 1 aromatic heterocycles. The zero-order valence-electron chi connectivity index (χ0n) is 11.4. The Kier molecular flexibility index (Phi) is 3.77. The zero-order valence-corrected chi connectivity index (χ0v) is 11.4. The molecule has 0 radical (unpaired) electrons. The molecule has 0 amide bonds. The third kappa shape index (κ3) is 2.34. The summed E-state index contributed by atoms with van der Waals surface area (Å²) in [6.45, 7) is 6.84. The number of nitrogen functional groups attached to an aromatic ring is 1. The summed E-state index contributed by atoms with van der Waals surface area (Å²) >= 11 is 0. The number of nitrogens with two attached hydrogens (primary N) is 1. The van der Waals surface area contributed by atoms with Crippen molar-refractivity contribution in [2.24, 2.45) is 0 Å². The van der Waals surface area contributed by atoms with Gasteiger partial charge < -0.3 is 15.2 Å². The Morgan fingerprint density at radius 1 is 1.24 bits per heavy atom. The molecule has 0 aliphatic carbocycles. The van der Waals surface area contributed by atoms with E-state index in [2.05, 4.69) is 36.6 Å². The maximum Gasteiger partial charge on any atom is 0.0529 e. The molecule has 2 N–H and O–H groups in total. The van der Waals surface area contributed by atoms with Crippen molar-refractivity contribution in [2.75, 3.05) is 25.9 Å². The Hall–Kier alpha value is -0.960. The van der Waals surface area contributed by atoms with Gasteiger partial charge in [-0.15, -0.1) is 0 Å². The van der Waals surface area contributed by atoms with Gasteiger partial charge in [-0.2, -0.15) is 0 Å². The lowest BCUT2D eigenvalue weighted by Gasteiger charge is -2.31. The summed E-state index contributed by atoms with van der Waals surface area (Å²) in [5.74, 6) is 0. The lowest BCUT2D eigenvalue weighted by molar-refractivity contribution is 0.219. The first-order chi connectivity index (χ1) is 8.17. The number of hydrogen-bond donors (Lipinski definition) is 1. The number of anilines is 1. The molecule has 3 nitrogen and oxygen atoms in total. The first kappa shape index (κ1) is 12.5. The molecule has 0 atom stereocenters. The third-order valence-electron chi connectivity index (χ3n) is 4.06. The SMILES string of the molecule is CCc1c(N)cn(C2CCN(C)CC2)c1CC. The van der Waals surface area contributed by atoms with E-state index in [1.807, 2.05) is 0 Å². The Morgan fingerprint density at radius 3 is 2.41 bits per heavy atom. The van der Waals surface area contributed by atoms with Crippen LogP contribution in [0.2, 0.25) is 0 Å². The van der Waals surface area contributed by atoms with E-state index in [1.165, 1.54) is 37.2 Å². The van der Waals surface area contributed by atoms with Gasteiger partial charge in [0.1, 0.15) is 0 Å². The molecule has 1 aliphatic rings. The molecular formula is C14H25N3. The first-order valence-corrected chi connectivity index (χ1v) is 6.83. The van der Waals surface area contributed by atoms with Gasteiger partial charge in [-0.1, -0.05) is 13.8 Å². The molecule has 3 heteroatoms. The number of hydrogen-bond acceptors (Lipinski definition) is 2. The van der Waals surface area contributed by atoms with Gasteiger partial charge in [0.2, 0.25) is 0 Å². The minimum Gasteiger partial charge on any atom is -0.397 e. The van der Waals surface area contributed by atoms with Crippen LogP contribution in [0.3, 0.4) is 0 Å². The second kappa shape index (κ2) is 5.13. The number of rotatable bonds is 3. The third-order valence-corrected chi connectivity index (χ3v) is 4.06.